The Morgan fingerprint density at radius 1 is 1.39 bits per heavy atom. The lowest BCUT2D eigenvalue weighted by atomic mass is 10.1. The van der Waals surface area contributed by atoms with Crippen LogP contribution in [0.15, 0.2) is 33.2 Å². The van der Waals surface area contributed by atoms with Gasteiger partial charge in [-0.15, -0.1) is 0 Å². The fourth-order valence-corrected chi connectivity index (χ4v) is 2.00. The van der Waals surface area contributed by atoms with Gasteiger partial charge in [0.2, 0.25) is 5.55 Å². The molecular weight excluding hydrogens is 296 g/mol. The molecule has 0 aliphatic rings. The molecular formula is C13H13BrN2O2. The maximum atomic E-state index is 11.9. The van der Waals surface area contributed by atoms with Crippen molar-refractivity contribution in [3.05, 3.63) is 39.9 Å². The van der Waals surface area contributed by atoms with Gasteiger partial charge in [-0.2, -0.15) is 0 Å². The molecule has 1 heterocycles. The van der Waals surface area contributed by atoms with Crippen LogP contribution in [0.5, 0.6) is 0 Å². The third-order valence-electron chi connectivity index (χ3n) is 2.39. The first kappa shape index (κ1) is 12.8. The summed E-state index contributed by atoms with van der Waals surface area (Å²) in [5.41, 5.74) is 0.710. The summed E-state index contributed by atoms with van der Waals surface area (Å²) >= 11 is 3.36. The van der Waals surface area contributed by atoms with Crippen LogP contribution in [0.4, 0.5) is 0 Å². The Hall–Kier alpha value is -1.62. The Labute approximate surface area is 113 Å². The highest BCUT2D eigenvalue weighted by Crippen LogP contribution is 2.19. The van der Waals surface area contributed by atoms with Crippen LogP contribution in [0.1, 0.15) is 24.2 Å². The summed E-state index contributed by atoms with van der Waals surface area (Å²) in [6.07, 6.45) is 0. The molecule has 5 heteroatoms. The van der Waals surface area contributed by atoms with Gasteiger partial charge in [0.05, 0.1) is 0 Å². The standard InChI is InChI=1S/C13H13BrN2O2/c1-7(2)16-13(17)10-6-8-5-9(14)3-4-11(8)18-12(10)15/h3-7,15H,1-2H3,(H,16,17). The lowest BCUT2D eigenvalue weighted by molar-refractivity contribution is 0.0939. The van der Waals surface area contributed by atoms with E-state index in [1.54, 1.807) is 12.1 Å². The van der Waals surface area contributed by atoms with Crippen LogP contribution in [0.25, 0.3) is 11.0 Å². The second-order valence-corrected chi connectivity index (χ2v) is 5.22. The van der Waals surface area contributed by atoms with Crippen LogP contribution in [-0.4, -0.2) is 11.9 Å². The largest absolute Gasteiger partial charge is 0.438 e. The number of hydrogen-bond donors (Lipinski definition) is 2. The molecule has 0 aliphatic heterocycles. The van der Waals surface area contributed by atoms with Crippen LogP contribution in [-0.2, 0) is 0 Å². The topological polar surface area (TPSA) is 66.1 Å². The summed E-state index contributed by atoms with van der Waals surface area (Å²) in [5.74, 6) is -0.291. The van der Waals surface area contributed by atoms with Crippen molar-refractivity contribution in [1.82, 2.24) is 5.32 Å². The van der Waals surface area contributed by atoms with E-state index in [1.807, 2.05) is 26.0 Å². The number of benzene rings is 1. The Kier molecular flexibility index (Phi) is 3.52. The van der Waals surface area contributed by atoms with Gasteiger partial charge in [0, 0.05) is 15.9 Å². The quantitative estimate of drug-likeness (QED) is 0.896. The minimum Gasteiger partial charge on any atom is -0.438 e. The molecule has 0 fully saturated rings. The average molecular weight is 309 g/mol. The maximum Gasteiger partial charge on any atom is 0.256 e. The van der Waals surface area contributed by atoms with Crippen LogP contribution in [0.3, 0.4) is 0 Å². The highest BCUT2D eigenvalue weighted by molar-refractivity contribution is 9.10. The Balaban J connectivity index is 2.54. The molecule has 2 rings (SSSR count). The average Bonchev–Trinajstić information content (AvgIpc) is 2.27. The molecule has 0 aliphatic carbocycles. The predicted octanol–water partition coefficient (Wildman–Crippen LogP) is 2.81. The second kappa shape index (κ2) is 4.94. The van der Waals surface area contributed by atoms with Crippen molar-refractivity contribution in [2.24, 2.45) is 0 Å². The number of rotatable bonds is 2. The number of hydrogen-bond acceptors (Lipinski definition) is 3. The van der Waals surface area contributed by atoms with E-state index in [9.17, 15) is 4.79 Å². The zero-order valence-electron chi connectivity index (χ0n) is 10.1. The smallest absolute Gasteiger partial charge is 0.256 e. The molecule has 0 atom stereocenters. The summed E-state index contributed by atoms with van der Waals surface area (Å²) < 4.78 is 6.24. The van der Waals surface area contributed by atoms with Crippen molar-refractivity contribution in [3.63, 3.8) is 0 Å². The fraction of sp³-hybridized carbons (Fsp3) is 0.231. The first-order valence-corrected chi connectivity index (χ1v) is 6.35. The SMILES string of the molecule is CC(C)NC(=O)c1cc2cc(Br)ccc2oc1=N. The molecule has 0 saturated carbocycles. The lowest BCUT2D eigenvalue weighted by Gasteiger charge is -2.08. The zero-order chi connectivity index (χ0) is 13.3. The Bertz CT molecular complexity index is 662. The number of halogens is 1. The van der Waals surface area contributed by atoms with Crippen molar-refractivity contribution in [2.75, 3.05) is 0 Å². The third kappa shape index (κ3) is 2.61. The number of fused-ring (bicyclic) bond motifs is 1. The lowest BCUT2D eigenvalue weighted by Crippen LogP contribution is -2.33. The second-order valence-electron chi connectivity index (χ2n) is 4.30. The first-order valence-electron chi connectivity index (χ1n) is 5.56. The molecule has 0 saturated heterocycles. The number of carbonyl (C=O) groups excluding carboxylic acids is 1. The summed E-state index contributed by atoms with van der Waals surface area (Å²) in [7, 11) is 0. The van der Waals surface area contributed by atoms with Crippen LogP contribution >= 0.6 is 15.9 Å². The first-order chi connectivity index (χ1) is 8.47. The normalized spacial score (nSPS) is 10.9. The van der Waals surface area contributed by atoms with Gasteiger partial charge in [-0.05, 0) is 38.1 Å². The minimum atomic E-state index is -0.291. The van der Waals surface area contributed by atoms with Crippen LogP contribution in [0.2, 0.25) is 0 Å². The van der Waals surface area contributed by atoms with Gasteiger partial charge in [0.25, 0.3) is 5.91 Å². The molecule has 1 amide bonds. The minimum absolute atomic E-state index is 0.0232. The van der Waals surface area contributed by atoms with Gasteiger partial charge in [-0.3, -0.25) is 10.2 Å². The van der Waals surface area contributed by atoms with Crippen molar-refractivity contribution >= 4 is 32.8 Å². The summed E-state index contributed by atoms with van der Waals surface area (Å²) in [6.45, 7) is 3.74. The maximum absolute atomic E-state index is 11.9. The van der Waals surface area contributed by atoms with Gasteiger partial charge in [0.1, 0.15) is 11.1 Å². The Morgan fingerprint density at radius 3 is 2.78 bits per heavy atom. The van der Waals surface area contributed by atoms with Crippen molar-refractivity contribution < 1.29 is 9.21 Å². The number of nitrogens with one attached hydrogen (secondary N) is 2. The van der Waals surface area contributed by atoms with E-state index >= 15 is 0 Å². The molecule has 4 nitrogen and oxygen atoms in total. The van der Waals surface area contributed by atoms with E-state index in [4.69, 9.17) is 9.83 Å². The number of amides is 1. The van der Waals surface area contributed by atoms with Gasteiger partial charge in [0.15, 0.2) is 0 Å². The van der Waals surface area contributed by atoms with E-state index in [1.165, 1.54) is 0 Å². The van der Waals surface area contributed by atoms with Crippen LogP contribution in [0, 0.1) is 5.41 Å². The van der Waals surface area contributed by atoms with Gasteiger partial charge >= 0.3 is 0 Å². The molecule has 0 spiro atoms. The molecule has 0 unspecified atom stereocenters. The van der Waals surface area contributed by atoms with Gasteiger partial charge in [-0.1, -0.05) is 15.9 Å². The summed E-state index contributed by atoms with van der Waals surface area (Å²) in [5, 5.41) is 11.3. The van der Waals surface area contributed by atoms with E-state index in [2.05, 4.69) is 21.2 Å². The van der Waals surface area contributed by atoms with E-state index in [0.717, 1.165) is 9.86 Å². The monoisotopic (exact) mass is 308 g/mol. The summed E-state index contributed by atoms with van der Waals surface area (Å²) in [6, 6.07) is 7.14. The molecule has 2 aromatic rings. The van der Waals surface area contributed by atoms with E-state index in [0.29, 0.717) is 5.58 Å². The molecule has 0 bridgehead atoms. The van der Waals surface area contributed by atoms with Gasteiger partial charge < -0.3 is 9.73 Å². The molecule has 94 valence electrons. The highest BCUT2D eigenvalue weighted by Gasteiger charge is 2.12. The predicted molar refractivity (Wildman–Crippen MR) is 72.4 cm³/mol. The van der Waals surface area contributed by atoms with Crippen molar-refractivity contribution in [2.45, 2.75) is 19.9 Å². The molecule has 1 aromatic carbocycles. The van der Waals surface area contributed by atoms with Crippen molar-refractivity contribution in [3.8, 4) is 0 Å². The van der Waals surface area contributed by atoms with Crippen molar-refractivity contribution in [1.29, 1.82) is 5.41 Å². The summed E-state index contributed by atoms with van der Waals surface area (Å²) in [4.78, 5) is 11.9. The van der Waals surface area contributed by atoms with E-state index < -0.39 is 0 Å². The molecule has 18 heavy (non-hydrogen) atoms. The Morgan fingerprint density at radius 2 is 2.11 bits per heavy atom. The number of carbonyl (C=O) groups is 1. The molecule has 0 radical (unpaired) electrons. The molecule has 2 N–H and O–H groups in total. The highest BCUT2D eigenvalue weighted by atomic mass is 79.9. The van der Waals surface area contributed by atoms with Gasteiger partial charge in [-0.25, -0.2) is 0 Å². The van der Waals surface area contributed by atoms with E-state index in [-0.39, 0.29) is 23.1 Å². The molecule has 1 aromatic heterocycles. The fourth-order valence-electron chi connectivity index (χ4n) is 1.62. The third-order valence-corrected chi connectivity index (χ3v) is 2.89. The van der Waals surface area contributed by atoms with Crippen LogP contribution < -0.4 is 10.9 Å². The zero-order valence-corrected chi connectivity index (χ0v) is 11.7.